The van der Waals surface area contributed by atoms with Crippen molar-refractivity contribution in [1.82, 2.24) is 9.88 Å². The van der Waals surface area contributed by atoms with Crippen LogP contribution < -0.4 is 5.32 Å². The van der Waals surface area contributed by atoms with E-state index < -0.39 is 0 Å². The Morgan fingerprint density at radius 1 is 1.37 bits per heavy atom. The van der Waals surface area contributed by atoms with Crippen LogP contribution in [0.25, 0.3) is 10.9 Å². The van der Waals surface area contributed by atoms with Gasteiger partial charge >= 0.3 is 0 Å². The summed E-state index contributed by atoms with van der Waals surface area (Å²) in [5, 5.41) is 4.90. The molecule has 0 aliphatic carbocycles. The molecule has 1 N–H and O–H groups in total. The second-order valence-electron chi connectivity index (χ2n) is 5.36. The topological polar surface area (TPSA) is 26.2 Å². The number of hydrogen-bond acceptors (Lipinski definition) is 2. The summed E-state index contributed by atoms with van der Waals surface area (Å²) >= 11 is 0. The molecule has 3 heteroatoms. The molecule has 0 radical (unpaired) electrons. The molecule has 0 amide bonds. The van der Waals surface area contributed by atoms with Crippen molar-refractivity contribution in [2.45, 2.75) is 38.5 Å². The van der Waals surface area contributed by atoms with Crippen LogP contribution in [0.5, 0.6) is 0 Å². The Labute approximate surface area is 114 Å². The molecule has 2 heterocycles. The van der Waals surface area contributed by atoms with Crippen molar-refractivity contribution >= 4 is 10.9 Å². The average molecular weight is 258 g/mol. The largest absolute Gasteiger partial charge is 0.377 e. The highest BCUT2D eigenvalue weighted by atomic mass is 16.5. The van der Waals surface area contributed by atoms with Gasteiger partial charge < -0.3 is 14.6 Å². The fourth-order valence-corrected chi connectivity index (χ4v) is 2.88. The SMILES string of the molecule is CC(NCCn1ccc2ccccc21)C1CCCO1. The first-order valence-corrected chi connectivity index (χ1v) is 7.23. The third-order valence-corrected chi connectivity index (χ3v) is 4.02. The monoisotopic (exact) mass is 258 g/mol. The van der Waals surface area contributed by atoms with Gasteiger partial charge in [-0.05, 0) is 37.3 Å². The second-order valence-corrected chi connectivity index (χ2v) is 5.36. The van der Waals surface area contributed by atoms with Crippen molar-refractivity contribution in [1.29, 1.82) is 0 Å². The molecule has 1 aliphatic heterocycles. The van der Waals surface area contributed by atoms with Gasteiger partial charge in [0.15, 0.2) is 0 Å². The minimum Gasteiger partial charge on any atom is -0.377 e. The maximum absolute atomic E-state index is 5.70. The van der Waals surface area contributed by atoms with E-state index in [0.717, 1.165) is 19.7 Å². The van der Waals surface area contributed by atoms with E-state index in [-0.39, 0.29) is 0 Å². The predicted octanol–water partition coefficient (Wildman–Crippen LogP) is 2.80. The van der Waals surface area contributed by atoms with Gasteiger partial charge in [0.05, 0.1) is 6.10 Å². The van der Waals surface area contributed by atoms with Gasteiger partial charge in [0.1, 0.15) is 0 Å². The summed E-state index contributed by atoms with van der Waals surface area (Å²) in [6.45, 7) is 5.15. The van der Waals surface area contributed by atoms with Crippen LogP contribution in [0.2, 0.25) is 0 Å². The van der Waals surface area contributed by atoms with Gasteiger partial charge in [-0.25, -0.2) is 0 Å². The molecule has 1 saturated heterocycles. The molecule has 0 saturated carbocycles. The van der Waals surface area contributed by atoms with Crippen LogP contribution in [-0.2, 0) is 11.3 Å². The Hall–Kier alpha value is -1.32. The molecule has 1 aromatic heterocycles. The molecule has 0 bridgehead atoms. The van der Waals surface area contributed by atoms with Crippen LogP contribution in [-0.4, -0.2) is 29.9 Å². The summed E-state index contributed by atoms with van der Waals surface area (Å²) < 4.78 is 8.01. The smallest absolute Gasteiger partial charge is 0.0726 e. The second kappa shape index (κ2) is 5.76. The van der Waals surface area contributed by atoms with E-state index in [2.05, 4.69) is 53.3 Å². The van der Waals surface area contributed by atoms with Crippen LogP contribution >= 0.6 is 0 Å². The van der Waals surface area contributed by atoms with Gasteiger partial charge in [-0.15, -0.1) is 0 Å². The molecule has 19 heavy (non-hydrogen) atoms. The molecule has 2 aromatic rings. The van der Waals surface area contributed by atoms with E-state index in [1.807, 2.05) is 0 Å². The van der Waals surface area contributed by atoms with E-state index in [1.54, 1.807) is 0 Å². The Kier molecular flexibility index (Phi) is 3.85. The Morgan fingerprint density at radius 3 is 3.11 bits per heavy atom. The number of nitrogens with zero attached hydrogens (tertiary/aromatic N) is 1. The molecule has 1 fully saturated rings. The molecule has 2 unspecified atom stereocenters. The number of benzene rings is 1. The molecule has 3 nitrogen and oxygen atoms in total. The number of rotatable bonds is 5. The summed E-state index contributed by atoms with van der Waals surface area (Å²) in [6, 6.07) is 11.2. The minimum atomic E-state index is 0.404. The maximum Gasteiger partial charge on any atom is 0.0726 e. The van der Waals surface area contributed by atoms with Gasteiger partial charge in [0.25, 0.3) is 0 Å². The van der Waals surface area contributed by atoms with Crippen LogP contribution in [0.1, 0.15) is 19.8 Å². The number of aromatic nitrogens is 1. The quantitative estimate of drug-likeness (QED) is 0.892. The highest BCUT2D eigenvalue weighted by molar-refractivity contribution is 5.79. The maximum atomic E-state index is 5.70. The molecule has 3 rings (SSSR count). The molecular weight excluding hydrogens is 236 g/mol. The average Bonchev–Trinajstić information content (AvgIpc) is 3.08. The fourth-order valence-electron chi connectivity index (χ4n) is 2.88. The lowest BCUT2D eigenvalue weighted by atomic mass is 10.1. The number of hydrogen-bond donors (Lipinski definition) is 1. The van der Waals surface area contributed by atoms with Gasteiger partial charge in [0.2, 0.25) is 0 Å². The number of para-hydroxylation sites is 1. The summed E-state index contributed by atoms with van der Waals surface area (Å²) in [5.41, 5.74) is 1.31. The highest BCUT2D eigenvalue weighted by Crippen LogP contribution is 2.16. The summed E-state index contributed by atoms with van der Waals surface area (Å²) in [7, 11) is 0. The number of fused-ring (bicyclic) bond motifs is 1. The third-order valence-electron chi connectivity index (χ3n) is 4.02. The third kappa shape index (κ3) is 2.82. The van der Waals surface area contributed by atoms with Gasteiger partial charge in [0, 0.05) is 37.5 Å². The molecule has 0 spiro atoms. The Morgan fingerprint density at radius 2 is 2.26 bits per heavy atom. The lowest BCUT2D eigenvalue weighted by Gasteiger charge is -2.20. The molecular formula is C16H22N2O. The van der Waals surface area contributed by atoms with Gasteiger partial charge in [-0.1, -0.05) is 18.2 Å². The van der Waals surface area contributed by atoms with Crippen molar-refractivity contribution in [2.75, 3.05) is 13.2 Å². The van der Waals surface area contributed by atoms with Crippen LogP contribution in [0.3, 0.4) is 0 Å². The van der Waals surface area contributed by atoms with E-state index in [0.29, 0.717) is 12.1 Å². The van der Waals surface area contributed by atoms with Crippen molar-refractivity contribution in [3.8, 4) is 0 Å². The molecule has 1 aliphatic rings. The molecule has 102 valence electrons. The summed E-state index contributed by atoms with van der Waals surface area (Å²) in [5.74, 6) is 0. The normalized spacial score (nSPS) is 21.0. The van der Waals surface area contributed by atoms with E-state index >= 15 is 0 Å². The van der Waals surface area contributed by atoms with E-state index in [4.69, 9.17) is 4.74 Å². The van der Waals surface area contributed by atoms with Crippen molar-refractivity contribution in [3.05, 3.63) is 36.5 Å². The first-order chi connectivity index (χ1) is 9.34. The van der Waals surface area contributed by atoms with Crippen molar-refractivity contribution < 1.29 is 4.74 Å². The Balaban J connectivity index is 1.54. The van der Waals surface area contributed by atoms with Crippen LogP contribution in [0.15, 0.2) is 36.5 Å². The summed E-state index contributed by atoms with van der Waals surface area (Å²) in [4.78, 5) is 0. The zero-order valence-corrected chi connectivity index (χ0v) is 11.5. The lowest BCUT2D eigenvalue weighted by Crippen LogP contribution is -2.38. The number of ether oxygens (including phenoxy) is 1. The summed E-state index contributed by atoms with van der Waals surface area (Å²) in [6.07, 6.45) is 4.98. The van der Waals surface area contributed by atoms with E-state index in [1.165, 1.54) is 23.7 Å². The fraction of sp³-hybridized carbons (Fsp3) is 0.500. The predicted molar refractivity (Wildman–Crippen MR) is 78.4 cm³/mol. The van der Waals surface area contributed by atoms with Crippen molar-refractivity contribution in [3.63, 3.8) is 0 Å². The molecule has 1 aromatic carbocycles. The first-order valence-electron chi connectivity index (χ1n) is 7.23. The minimum absolute atomic E-state index is 0.404. The first kappa shape index (κ1) is 12.7. The Bertz CT molecular complexity index is 528. The van der Waals surface area contributed by atoms with Crippen molar-refractivity contribution in [2.24, 2.45) is 0 Å². The zero-order valence-electron chi connectivity index (χ0n) is 11.5. The van der Waals surface area contributed by atoms with Crippen LogP contribution in [0.4, 0.5) is 0 Å². The highest BCUT2D eigenvalue weighted by Gasteiger charge is 2.21. The van der Waals surface area contributed by atoms with Gasteiger partial charge in [-0.2, -0.15) is 0 Å². The van der Waals surface area contributed by atoms with E-state index in [9.17, 15) is 0 Å². The zero-order chi connectivity index (χ0) is 13.1. The van der Waals surface area contributed by atoms with Crippen LogP contribution in [0, 0.1) is 0 Å². The van der Waals surface area contributed by atoms with Gasteiger partial charge in [-0.3, -0.25) is 0 Å². The number of nitrogens with one attached hydrogen (secondary N) is 1. The molecule has 2 atom stereocenters. The standard InChI is InChI=1S/C16H22N2O/c1-13(16-7-4-12-19-16)17-9-11-18-10-8-14-5-2-3-6-15(14)18/h2-3,5-6,8,10,13,16-17H,4,7,9,11-12H2,1H3. The lowest BCUT2D eigenvalue weighted by molar-refractivity contribution is 0.0835.